The van der Waals surface area contributed by atoms with E-state index in [4.69, 9.17) is 0 Å². The summed E-state index contributed by atoms with van der Waals surface area (Å²) < 4.78 is 39.4. The standard InChI is InChI=1S/C16H14F3NO/c1-20(9-11-3-2-4-12(17)7-11)10-16(21)14-6-5-13(18)8-15(14)19/h2-8H,9-10H2,1H3. The Morgan fingerprint density at radius 1 is 1.05 bits per heavy atom. The summed E-state index contributed by atoms with van der Waals surface area (Å²) in [4.78, 5) is 13.6. The summed E-state index contributed by atoms with van der Waals surface area (Å²) in [6.07, 6.45) is 0. The third-order valence-corrected chi connectivity index (χ3v) is 2.99. The van der Waals surface area contributed by atoms with E-state index < -0.39 is 17.4 Å². The fraction of sp³-hybridized carbons (Fsp3) is 0.188. The minimum absolute atomic E-state index is 0.0426. The van der Waals surface area contributed by atoms with Crippen molar-refractivity contribution in [1.82, 2.24) is 4.90 Å². The Bertz CT molecular complexity index is 658. The molecule has 0 spiro atoms. The number of carbonyl (C=O) groups is 1. The fourth-order valence-corrected chi connectivity index (χ4v) is 2.05. The van der Waals surface area contributed by atoms with Gasteiger partial charge in [0.1, 0.15) is 17.5 Å². The molecule has 0 saturated carbocycles. The van der Waals surface area contributed by atoms with Gasteiger partial charge in [-0.2, -0.15) is 0 Å². The van der Waals surface area contributed by atoms with E-state index >= 15 is 0 Å². The Kier molecular flexibility index (Phi) is 4.75. The monoisotopic (exact) mass is 293 g/mol. The van der Waals surface area contributed by atoms with Crippen molar-refractivity contribution in [3.8, 4) is 0 Å². The van der Waals surface area contributed by atoms with Crippen LogP contribution in [0.4, 0.5) is 13.2 Å². The minimum Gasteiger partial charge on any atom is -0.295 e. The highest BCUT2D eigenvalue weighted by atomic mass is 19.1. The van der Waals surface area contributed by atoms with Crippen LogP contribution in [0.1, 0.15) is 15.9 Å². The van der Waals surface area contributed by atoms with Crippen molar-refractivity contribution in [3.63, 3.8) is 0 Å². The quantitative estimate of drug-likeness (QED) is 0.787. The molecule has 0 bridgehead atoms. The fourth-order valence-electron chi connectivity index (χ4n) is 2.05. The van der Waals surface area contributed by atoms with Crippen molar-refractivity contribution < 1.29 is 18.0 Å². The molecule has 21 heavy (non-hydrogen) atoms. The zero-order valence-electron chi connectivity index (χ0n) is 11.4. The molecule has 0 aliphatic heterocycles. The first-order chi connectivity index (χ1) is 9.95. The maximum Gasteiger partial charge on any atom is 0.179 e. The lowest BCUT2D eigenvalue weighted by Crippen LogP contribution is -2.26. The Morgan fingerprint density at radius 3 is 2.43 bits per heavy atom. The SMILES string of the molecule is CN(CC(=O)c1ccc(F)cc1F)Cc1cccc(F)c1. The highest BCUT2D eigenvalue weighted by Crippen LogP contribution is 2.12. The number of rotatable bonds is 5. The number of benzene rings is 2. The number of hydrogen-bond acceptors (Lipinski definition) is 2. The number of nitrogens with zero attached hydrogens (tertiary/aromatic N) is 1. The van der Waals surface area contributed by atoms with Crippen molar-refractivity contribution >= 4 is 5.78 Å². The van der Waals surface area contributed by atoms with Gasteiger partial charge < -0.3 is 0 Å². The van der Waals surface area contributed by atoms with Gasteiger partial charge >= 0.3 is 0 Å². The number of hydrogen-bond donors (Lipinski definition) is 0. The number of ketones is 1. The van der Waals surface area contributed by atoms with E-state index in [2.05, 4.69) is 0 Å². The third-order valence-electron chi connectivity index (χ3n) is 2.99. The molecule has 2 aromatic carbocycles. The zero-order chi connectivity index (χ0) is 15.4. The lowest BCUT2D eigenvalue weighted by Gasteiger charge is -2.16. The molecule has 0 aliphatic rings. The molecule has 0 N–H and O–H groups in total. The summed E-state index contributed by atoms with van der Waals surface area (Å²) in [5.74, 6) is -2.40. The Morgan fingerprint density at radius 2 is 1.76 bits per heavy atom. The van der Waals surface area contributed by atoms with Crippen molar-refractivity contribution in [2.45, 2.75) is 6.54 Å². The summed E-state index contributed by atoms with van der Waals surface area (Å²) >= 11 is 0. The van der Waals surface area contributed by atoms with Gasteiger partial charge in [-0.1, -0.05) is 12.1 Å². The smallest absolute Gasteiger partial charge is 0.179 e. The normalized spacial score (nSPS) is 10.9. The molecule has 0 heterocycles. The zero-order valence-corrected chi connectivity index (χ0v) is 11.4. The van der Waals surface area contributed by atoms with Crippen LogP contribution in [0.2, 0.25) is 0 Å². The van der Waals surface area contributed by atoms with Gasteiger partial charge in [0, 0.05) is 12.6 Å². The summed E-state index contributed by atoms with van der Waals surface area (Å²) in [7, 11) is 1.67. The van der Waals surface area contributed by atoms with Crippen LogP contribution >= 0.6 is 0 Å². The average molecular weight is 293 g/mol. The molecule has 0 amide bonds. The van der Waals surface area contributed by atoms with Gasteiger partial charge in [-0.05, 0) is 36.9 Å². The molecule has 0 aromatic heterocycles. The molecule has 0 radical (unpaired) electrons. The van der Waals surface area contributed by atoms with Gasteiger partial charge in [0.15, 0.2) is 5.78 Å². The molecule has 0 aliphatic carbocycles. The first-order valence-corrected chi connectivity index (χ1v) is 6.37. The van der Waals surface area contributed by atoms with Crippen molar-refractivity contribution in [3.05, 3.63) is 71.0 Å². The Labute approximate surface area is 120 Å². The number of halogens is 3. The predicted molar refractivity (Wildman–Crippen MR) is 73.4 cm³/mol. The predicted octanol–water partition coefficient (Wildman–Crippen LogP) is 3.42. The molecule has 0 saturated heterocycles. The number of carbonyl (C=O) groups excluding carboxylic acids is 1. The Hall–Kier alpha value is -2.14. The van der Waals surface area contributed by atoms with Crippen LogP contribution in [-0.2, 0) is 6.54 Å². The largest absolute Gasteiger partial charge is 0.295 e. The maximum absolute atomic E-state index is 13.5. The summed E-state index contributed by atoms with van der Waals surface area (Å²) in [5, 5.41) is 0. The van der Waals surface area contributed by atoms with Crippen LogP contribution < -0.4 is 0 Å². The lowest BCUT2D eigenvalue weighted by atomic mass is 10.1. The van der Waals surface area contributed by atoms with Crippen LogP contribution in [0.25, 0.3) is 0 Å². The number of Topliss-reactive ketones (excluding diaryl/α,β-unsaturated/α-hetero) is 1. The van der Waals surface area contributed by atoms with Gasteiger partial charge in [0.2, 0.25) is 0 Å². The van der Waals surface area contributed by atoms with Gasteiger partial charge in [-0.3, -0.25) is 9.69 Å². The van der Waals surface area contributed by atoms with Crippen LogP contribution in [-0.4, -0.2) is 24.3 Å². The van der Waals surface area contributed by atoms with Crippen molar-refractivity contribution in [2.24, 2.45) is 0 Å². The van der Waals surface area contributed by atoms with Crippen LogP contribution in [0.15, 0.2) is 42.5 Å². The molecular weight excluding hydrogens is 279 g/mol. The molecule has 0 unspecified atom stereocenters. The molecule has 0 atom stereocenters. The lowest BCUT2D eigenvalue weighted by molar-refractivity contribution is 0.0939. The topological polar surface area (TPSA) is 20.3 Å². The first-order valence-electron chi connectivity index (χ1n) is 6.37. The second-order valence-corrected chi connectivity index (χ2v) is 4.85. The minimum atomic E-state index is -0.876. The van der Waals surface area contributed by atoms with Gasteiger partial charge in [-0.25, -0.2) is 13.2 Å². The number of likely N-dealkylation sites (N-methyl/N-ethyl adjacent to an activating group) is 1. The Balaban J connectivity index is 2.02. The molecule has 110 valence electrons. The van der Waals surface area contributed by atoms with E-state index in [1.54, 1.807) is 24.1 Å². The van der Waals surface area contributed by atoms with Gasteiger partial charge in [-0.15, -0.1) is 0 Å². The highest BCUT2D eigenvalue weighted by Gasteiger charge is 2.14. The van der Waals surface area contributed by atoms with Crippen molar-refractivity contribution in [1.29, 1.82) is 0 Å². The van der Waals surface area contributed by atoms with E-state index in [0.717, 1.165) is 12.1 Å². The molecule has 2 nitrogen and oxygen atoms in total. The summed E-state index contributed by atoms with van der Waals surface area (Å²) in [6.45, 7) is 0.311. The second kappa shape index (κ2) is 6.54. The van der Waals surface area contributed by atoms with Gasteiger partial charge in [0.25, 0.3) is 0 Å². The molecule has 2 rings (SSSR count). The third kappa shape index (κ3) is 4.16. The summed E-state index contributed by atoms with van der Waals surface area (Å²) in [5.41, 5.74) is 0.562. The molecular formula is C16H14F3NO. The van der Waals surface area contributed by atoms with E-state index in [1.165, 1.54) is 12.1 Å². The first kappa shape index (κ1) is 15.3. The van der Waals surface area contributed by atoms with Crippen LogP contribution in [0, 0.1) is 17.5 Å². The molecule has 2 aromatic rings. The van der Waals surface area contributed by atoms with E-state index in [9.17, 15) is 18.0 Å². The molecule has 0 fully saturated rings. The van der Waals surface area contributed by atoms with Crippen LogP contribution in [0.5, 0.6) is 0 Å². The summed E-state index contributed by atoms with van der Waals surface area (Å²) in [6, 6.07) is 8.89. The maximum atomic E-state index is 13.5. The van der Waals surface area contributed by atoms with E-state index in [1.807, 2.05) is 0 Å². The average Bonchev–Trinajstić information content (AvgIpc) is 2.38. The van der Waals surface area contributed by atoms with Crippen molar-refractivity contribution in [2.75, 3.05) is 13.6 Å². The second-order valence-electron chi connectivity index (χ2n) is 4.85. The van der Waals surface area contributed by atoms with E-state index in [-0.39, 0.29) is 17.9 Å². The van der Waals surface area contributed by atoms with Gasteiger partial charge in [0.05, 0.1) is 12.1 Å². The van der Waals surface area contributed by atoms with Crippen LogP contribution in [0.3, 0.4) is 0 Å². The molecule has 5 heteroatoms. The van der Waals surface area contributed by atoms with E-state index in [0.29, 0.717) is 18.2 Å². The highest BCUT2D eigenvalue weighted by molar-refractivity contribution is 5.97.